The number of hydrogen-bond donors (Lipinski definition) is 2. The zero-order valence-electron chi connectivity index (χ0n) is 17.9. The number of aromatic amines is 2. The van der Waals surface area contributed by atoms with E-state index < -0.39 is 0 Å². The van der Waals surface area contributed by atoms with Crippen molar-refractivity contribution < 1.29 is 4.79 Å². The van der Waals surface area contributed by atoms with Gasteiger partial charge in [0.05, 0.1) is 34.8 Å². The normalized spacial score (nSPS) is 11.2. The Balaban J connectivity index is 1.55. The Kier molecular flexibility index (Phi) is 6.41. The van der Waals surface area contributed by atoms with Crippen LogP contribution in [0.2, 0.25) is 5.02 Å². The number of carbonyl (C=O) groups excluding carboxylic acids is 1. The first-order valence-corrected chi connectivity index (χ1v) is 10.9. The highest BCUT2D eigenvalue weighted by Crippen LogP contribution is 2.15. The lowest BCUT2D eigenvalue weighted by Gasteiger charge is -2.22. The van der Waals surface area contributed by atoms with Gasteiger partial charge in [0, 0.05) is 18.0 Å². The molecule has 0 fully saturated rings. The monoisotopic (exact) mass is 467 g/mol. The highest BCUT2D eigenvalue weighted by Gasteiger charge is 2.16. The smallest absolute Gasteiger partial charge is 0.273 e. The van der Waals surface area contributed by atoms with Crippen LogP contribution in [-0.2, 0) is 17.9 Å². The molecule has 0 aliphatic heterocycles. The molecule has 4 aromatic rings. The Hall–Kier alpha value is -3.72. The summed E-state index contributed by atoms with van der Waals surface area (Å²) in [5, 5.41) is 4.02. The van der Waals surface area contributed by atoms with Crippen LogP contribution in [0.5, 0.6) is 0 Å². The zero-order chi connectivity index (χ0) is 23.5. The van der Waals surface area contributed by atoms with E-state index in [2.05, 4.69) is 15.1 Å². The third-order valence-corrected chi connectivity index (χ3v) is 5.57. The Labute approximate surface area is 192 Å². The van der Waals surface area contributed by atoms with Gasteiger partial charge in [-0.3, -0.25) is 24.3 Å². The number of aryl methyl sites for hydroxylation is 1. The molecule has 1 amide bonds. The van der Waals surface area contributed by atoms with Crippen LogP contribution in [0, 0.1) is 0 Å². The molecule has 9 nitrogen and oxygen atoms in total. The van der Waals surface area contributed by atoms with Gasteiger partial charge < -0.3 is 9.88 Å². The Morgan fingerprint density at radius 2 is 1.82 bits per heavy atom. The average Bonchev–Trinajstić information content (AvgIpc) is 2.79. The lowest BCUT2D eigenvalue weighted by atomic mass is 10.2. The highest BCUT2D eigenvalue weighted by molar-refractivity contribution is 6.31. The van der Waals surface area contributed by atoms with Crippen LogP contribution in [0.15, 0.2) is 56.8 Å². The number of halogens is 1. The predicted molar refractivity (Wildman–Crippen MR) is 127 cm³/mol. The molecule has 0 spiro atoms. The molecule has 170 valence electrons. The molecule has 0 atom stereocenters. The van der Waals surface area contributed by atoms with Gasteiger partial charge in [0.25, 0.3) is 16.7 Å². The maximum absolute atomic E-state index is 13.0. The Morgan fingerprint density at radius 1 is 1.06 bits per heavy atom. The molecule has 0 saturated heterocycles. The topological polar surface area (TPSA) is 121 Å². The molecule has 0 radical (unpaired) electrons. The van der Waals surface area contributed by atoms with Crippen LogP contribution in [0.4, 0.5) is 0 Å². The number of nitrogens with one attached hydrogen (secondary N) is 2. The van der Waals surface area contributed by atoms with Crippen LogP contribution >= 0.6 is 11.6 Å². The summed E-state index contributed by atoms with van der Waals surface area (Å²) in [6, 6.07) is 11.4. The minimum Gasteiger partial charge on any atom is -0.335 e. The quantitative estimate of drug-likeness (QED) is 0.432. The molecule has 0 aliphatic rings. The molecule has 2 aromatic carbocycles. The van der Waals surface area contributed by atoms with Gasteiger partial charge in [-0.2, -0.15) is 0 Å². The average molecular weight is 468 g/mol. The number of carbonyl (C=O) groups is 1. The number of amides is 1. The summed E-state index contributed by atoms with van der Waals surface area (Å²) in [4.78, 5) is 59.0. The minimum absolute atomic E-state index is 0.00215. The van der Waals surface area contributed by atoms with E-state index in [1.54, 1.807) is 47.4 Å². The number of rotatable bonds is 7. The van der Waals surface area contributed by atoms with Crippen molar-refractivity contribution in [2.24, 2.45) is 0 Å². The molecule has 2 heterocycles. The van der Waals surface area contributed by atoms with Crippen molar-refractivity contribution in [3.63, 3.8) is 0 Å². The van der Waals surface area contributed by atoms with Crippen molar-refractivity contribution in [3.05, 3.63) is 84.4 Å². The minimum atomic E-state index is -0.389. The van der Waals surface area contributed by atoms with E-state index in [1.807, 2.05) is 6.92 Å². The maximum Gasteiger partial charge on any atom is 0.273 e. The largest absolute Gasteiger partial charge is 0.335 e. The van der Waals surface area contributed by atoms with Gasteiger partial charge in [-0.15, -0.1) is 0 Å². The molecule has 0 unspecified atom stereocenters. The first kappa shape index (κ1) is 22.5. The van der Waals surface area contributed by atoms with Gasteiger partial charge >= 0.3 is 0 Å². The highest BCUT2D eigenvalue weighted by atomic mass is 35.5. The molecule has 0 aliphatic carbocycles. The summed E-state index contributed by atoms with van der Waals surface area (Å²) in [6.45, 7) is 2.50. The fraction of sp³-hybridized carbons (Fsp3) is 0.261. The van der Waals surface area contributed by atoms with Gasteiger partial charge in [0.2, 0.25) is 5.91 Å². The van der Waals surface area contributed by atoms with Crippen LogP contribution in [-0.4, -0.2) is 37.1 Å². The van der Waals surface area contributed by atoms with E-state index in [9.17, 15) is 19.2 Å². The second-order valence-corrected chi connectivity index (χ2v) is 8.12. The number of aromatic nitrogens is 4. The molecular formula is C23H22ClN5O4. The van der Waals surface area contributed by atoms with Gasteiger partial charge in [-0.1, -0.05) is 30.7 Å². The predicted octanol–water partition coefficient (Wildman–Crippen LogP) is 2.41. The van der Waals surface area contributed by atoms with E-state index in [0.717, 1.165) is 4.68 Å². The van der Waals surface area contributed by atoms with Gasteiger partial charge in [0.1, 0.15) is 5.82 Å². The summed E-state index contributed by atoms with van der Waals surface area (Å²) in [6.07, 6.45) is 0.694. The van der Waals surface area contributed by atoms with E-state index in [0.29, 0.717) is 45.5 Å². The molecular weight excluding hydrogens is 446 g/mol. The number of nitrogens with zero attached hydrogens (tertiary/aromatic N) is 3. The summed E-state index contributed by atoms with van der Waals surface area (Å²) in [5.41, 5.74) is -0.613. The lowest BCUT2D eigenvalue weighted by molar-refractivity contribution is -0.132. The molecule has 0 bridgehead atoms. The van der Waals surface area contributed by atoms with Crippen LogP contribution in [0.3, 0.4) is 0 Å². The van der Waals surface area contributed by atoms with Crippen molar-refractivity contribution in [2.75, 3.05) is 6.54 Å². The second-order valence-electron chi connectivity index (χ2n) is 7.68. The van der Waals surface area contributed by atoms with E-state index in [-0.39, 0.29) is 42.1 Å². The molecule has 0 saturated carbocycles. The summed E-state index contributed by atoms with van der Waals surface area (Å²) >= 11 is 6.02. The first-order valence-electron chi connectivity index (χ1n) is 10.6. The van der Waals surface area contributed by atoms with Gasteiger partial charge in [-0.05, 0) is 36.8 Å². The van der Waals surface area contributed by atoms with Gasteiger partial charge in [0.15, 0.2) is 0 Å². The van der Waals surface area contributed by atoms with Crippen molar-refractivity contribution in [2.45, 2.75) is 32.9 Å². The van der Waals surface area contributed by atoms with Crippen LogP contribution in [0.25, 0.3) is 21.7 Å². The van der Waals surface area contributed by atoms with E-state index in [1.165, 1.54) is 0 Å². The zero-order valence-corrected chi connectivity index (χ0v) is 18.7. The Bertz CT molecular complexity index is 1520. The third kappa shape index (κ3) is 4.73. The standard InChI is InChI=1S/C23H22ClN5O4/c1-2-10-28(13-19-25-18-12-14(24)7-8-17(18)21(31)26-19)20(30)9-11-29-23(33)16-6-4-3-5-15(16)22(32)27-29/h3-8,12H,2,9-11,13H2,1H3,(H,27,32)(H,25,26,31). The van der Waals surface area contributed by atoms with Crippen LogP contribution in [0.1, 0.15) is 25.6 Å². The van der Waals surface area contributed by atoms with Crippen molar-refractivity contribution >= 4 is 39.2 Å². The van der Waals surface area contributed by atoms with Gasteiger partial charge in [-0.25, -0.2) is 9.67 Å². The summed E-state index contributed by atoms with van der Waals surface area (Å²) in [5.74, 6) is 0.111. The van der Waals surface area contributed by atoms with E-state index >= 15 is 0 Å². The van der Waals surface area contributed by atoms with Crippen molar-refractivity contribution in [1.29, 1.82) is 0 Å². The Morgan fingerprint density at radius 3 is 2.58 bits per heavy atom. The second kappa shape index (κ2) is 9.41. The molecule has 10 heteroatoms. The van der Waals surface area contributed by atoms with Crippen LogP contribution < -0.4 is 16.7 Å². The number of hydrogen-bond acceptors (Lipinski definition) is 5. The lowest BCUT2D eigenvalue weighted by Crippen LogP contribution is -2.35. The van der Waals surface area contributed by atoms with Crippen molar-refractivity contribution in [1.82, 2.24) is 24.6 Å². The molecule has 2 aromatic heterocycles. The fourth-order valence-corrected chi connectivity index (χ4v) is 3.91. The maximum atomic E-state index is 13.0. The third-order valence-electron chi connectivity index (χ3n) is 5.34. The number of fused-ring (bicyclic) bond motifs is 2. The molecule has 4 rings (SSSR count). The molecule has 33 heavy (non-hydrogen) atoms. The first-order chi connectivity index (χ1) is 15.9. The molecule has 2 N–H and O–H groups in total. The SMILES string of the molecule is CCCN(Cc1nc2cc(Cl)ccc2c(=O)[nH]1)C(=O)CCn1[nH]c(=O)c2ccccc2c1=O. The van der Waals surface area contributed by atoms with E-state index in [4.69, 9.17) is 11.6 Å². The number of benzene rings is 2. The summed E-state index contributed by atoms with van der Waals surface area (Å²) < 4.78 is 1.16. The number of H-pyrrole nitrogens is 2. The van der Waals surface area contributed by atoms with Crippen molar-refractivity contribution in [3.8, 4) is 0 Å². The summed E-state index contributed by atoms with van der Waals surface area (Å²) in [7, 11) is 0. The fourth-order valence-electron chi connectivity index (χ4n) is 3.75.